The molecule has 24 heavy (non-hydrogen) atoms. The van der Waals surface area contributed by atoms with Crippen LogP contribution in [0.15, 0.2) is 36.8 Å². The monoisotopic (exact) mass is 322 g/mol. The lowest BCUT2D eigenvalue weighted by atomic mass is 10.2. The lowest BCUT2D eigenvalue weighted by Gasteiger charge is -2.06. The highest BCUT2D eigenvalue weighted by molar-refractivity contribution is 5.88. The van der Waals surface area contributed by atoms with Crippen molar-refractivity contribution >= 4 is 17.5 Å². The van der Waals surface area contributed by atoms with Crippen LogP contribution in [0.1, 0.15) is 31.5 Å². The number of fused-ring (bicyclic) bond motifs is 1. The third-order valence-corrected chi connectivity index (χ3v) is 3.96. The van der Waals surface area contributed by atoms with Gasteiger partial charge < -0.3 is 5.32 Å². The first-order valence-electron chi connectivity index (χ1n) is 8.10. The van der Waals surface area contributed by atoms with Crippen LogP contribution in [0.5, 0.6) is 0 Å². The van der Waals surface area contributed by atoms with Crippen molar-refractivity contribution in [2.75, 3.05) is 11.9 Å². The summed E-state index contributed by atoms with van der Waals surface area (Å²) in [5, 5.41) is 5.46. The maximum absolute atomic E-state index is 11.7. The topological polar surface area (TPSA) is 84.2 Å². The standard InChI is InChI=1S/C17H18N6O/c1-2-19-17(24)22-14-10-23-15(21-14)8-13(12-4-3-7-18-9-12)20-16(23)11-5-6-11/h3-4,7-11H,2,5-6H2,1H3,(H2,19,22,24). The molecule has 0 radical (unpaired) electrons. The van der Waals surface area contributed by atoms with E-state index in [4.69, 9.17) is 4.98 Å². The molecule has 7 heteroatoms. The number of urea groups is 1. The Morgan fingerprint density at radius 3 is 2.96 bits per heavy atom. The van der Waals surface area contributed by atoms with Crippen molar-refractivity contribution < 1.29 is 4.79 Å². The van der Waals surface area contributed by atoms with E-state index in [2.05, 4.69) is 20.6 Å². The molecule has 1 aliphatic rings. The van der Waals surface area contributed by atoms with Gasteiger partial charge in [0.2, 0.25) is 0 Å². The number of pyridine rings is 1. The molecule has 2 N–H and O–H groups in total. The van der Waals surface area contributed by atoms with Crippen LogP contribution in [0, 0.1) is 0 Å². The molecule has 0 aliphatic heterocycles. The number of anilines is 1. The molecule has 0 unspecified atom stereocenters. The number of hydrogen-bond donors (Lipinski definition) is 2. The minimum atomic E-state index is -0.255. The number of rotatable bonds is 4. The summed E-state index contributed by atoms with van der Waals surface area (Å²) in [6, 6.07) is 5.55. The van der Waals surface area contributed by atoms with Gasteiger partial charge in [-0.15, -0.1) is 0 Å². The van der Waals surface area contributed by atoms with Crippen molar-refractivity contribution in [1.82, 2.24) is 24.7 Å². The Labute approximate surface area is 139 Å². The van der Waals surface area contributed by atoms with Crippen LogP contribution in [0.2, 0.25) is 0 Å². The van der Waals surface area contributed by atoms with Crippen LogP contribution < -0.4 is 10.6 Å². The number of aromatic nitrogens is 4. The summed E-state index contributed by atoms with van der Waals surface area (Å²) >= 11 is 0. The Hall–Kier alpha value is -2.96. The second kappa shape index (κ2) is 5.92. The molecule has 1 fully saturated rings. The first-order valence-corrected chi connectivity index (χ1v) is 8.10. The fourth-order valence-corrected chi connectivity index (χ4v) is 2.68. The van der Waals surface area contributed by atoms with Gasteiger partial charge in [-0.1, -0.05) is 0 Å². The predicted molar refractivity (Wildman–Crippen MR) is 90.9 cm³/mol. The summed E-state index contributed by atoms with van der Waals surface area (Å²) in [6.45, 7) is 2.44. The largest absolute Gasteiger partial charge is 0.338 e. The van der Waals surface area contributed by atoms with Gasteiger partial charge in [0.05, 0.1) is 11.9 Å². The van der Waals surface area contributed by atoms with E-state index in [0.29, 0.717) is 18.3 Å². The third kappa shape index (κ3) is 2.80. The van der Waals surface area contributed by atoms with Crippen molar-refractivity contribution in [1.29, 1.82) is 0 Å². The predicted octanol–water partition coefficient (Wildman–Crippen LogP) is 2.81. The summed E-state index contributed by atoms with van der Waals surface area (Å²) in [7, 11) is 0. The van der Waals surface area contributed by atoms with E-state index in [9.17, 15) is 4.79 Å². The van der Waals surface area contributed by atoms with Crippen LogP contribution in [-0.2, 0) is 0 Å². The number of amides is 2. The van der Waals surface area contributed by atoms with Crippen molar-refractivity contribution in [3.63, 3.8) is 0 Å². The van der Waals surface area contributed by atoms with Crippen LogP contribution in [0.25, 0.3) is 16.9 Å². The maximum Gasteiger partial charge on any atom is 0.320 e. The minimum absolute atomic E-state index is 0.255. The van der Waals surface area contributed by atoms with Crippen LogP contribution in [0.3, 0.4) is 0 Å². The molecule has 1 saturated carbocycles. The molecule has 3 aromatic rings. The molecular weight excluding hydrogens is 304 g/mol. The zero-order chi connectivity index (χ0) is 16.5. The number of carbonyl (C=O) groups is 1. The van der Waals surface area contributed by atoms with Gasteiger partial charge in [0.25, 0.3) is 0 Å². The molecular formula is C17H18N6O. The minimum Gasteiger partial charge on any atom is -0.338 e. The van der Waals surface area contributed by atoms with Gasteiger partial charge in [0.1, 0.15) is 11.5 Å². The van der Waals surface area contributed by atoms with Crippen molar-refractivity contribution in [2.24, 2.45) is 0 Å². The van der Waals surface area contributed by atoms with Crippen molar-refractivity contribution in [3.05, 3.63) is 42.6 Å². The third-order valence-electron chi connectivity index (χ3n) is 3.96. The molecule has 4 rings (SSSR count). The summed E-state index contributed by atoms with van der Waals surface area (Å²) in [4.78, 5) is 25.2. The van der Waals surface area contributed by atoms with Crippen molar-refractivity contribution in [3.8, 4) is 11.3 Å². The van der Waals surface area contributed by atoms with E-state index >= 15 is 0 Å². The van der Waals surface area contributed by atoms with Crippen LogP contribution in [-0.4, -0.2) is 31.9 Å². The maximum atomic E-state index is 11.7. The molecule has 0 atom stereocenters. The van der Waals surface area contributed by atoms with E-state index in [-0.39, 0.29) is 6.03 Å². The smallest absolute Gasteiger partial charge is 0.320 e. The van der Waals surface area contributed by atoms with E-state index < -0.39 is 0 Å². The fourth-order valence-electron chi connectivity index (χ4n) is 2.68. The van der Waals surface area contributed by atoms with Crippen LogP contribution in [0.4, 0.5) is 10.6 Å². The molecule has 3 heterocycles. The number of carbonyl (C=O) groups excluding carboxylic acids is 1. The van der Waals surface area contributed by atoms with E-state index in [0.717, 1.165) is 35.6 Å². The normalized spacial score (nSPS) is 13.9. The van der Waals surface area contributed by atoms with Gasteiger partial charge in [-0.3, -0.25) is 14.7 Å². The highest BCUT2D eigenvalue weighted by Crippen LogP contribution is 2.40. The van der Waals surface area contributed by atoms with E-state index in [1.54, 1.807) is 12.4 Å². The fraction of sp³-hybridized carbons (Fsp3) is 0.294. The first kappa shape index (κ1) is 14.6. The summed E-state index contributed by atoms with van der Waals surface area (Å²) in [5.41, 5.74) is 2.59. The second-order valence-electron chi connectivity index (χ2n) is 5.85. The zero-order valence-corrected chi connectivity index (χ0v) is 13.4. The molecule has 1 aliphatic carbocycles. The SMILES string of the molecule is CCNC(=O)Nc1cn2c(C3CC3)nc(-c3cccnc3)cc2n1. The molecule has 7 nitrogen and oxygen atoms in total. The Kier molecular flexibility index (Phi) is 3.60. The zero-order valence-electron chi connectivity index (χ0n) is 13.4. The molecule has 0 bridgehead atoms. The lowest BCUT2D eigenvalue weighted by Crippen LogP contribution is -2.28. The summed E-state index contributed by atoms with van der Waals surface area (Å²) < 4.78 is 1.97. The Morgan fingerprint density at radius 1 is 1.38 bits per heavy atom. The van der Waals surface area contributed by atoms with Gasteiger partial charge in [0.15, 0.2) is 5.82 Å². The van der Waals surface area contributed by atoms with Crippen LogP contribution >= 0.6 is 0 Å². The van der Waals surface area contributed by atoms with Gasteiger partial charge in [0, 0.05) is 36.5 Å². The highest BCUT2D eigenvalue weighted by atomic mass is 16.2. The molecule has 0 aromatic carbocycles. The number of imidazole rings is 1. The summed E-state index contributed by atoms with van der Waals surface area (Å²) in [5.74, 6) is 1.96. The Balaban J connectivity index is 1.77. The average Bonchev–Trinajstić information content (AvgIpc) is 3.35. The number of nitrogens with one attached hydrogen (secondary N) is 2. The van der Waals surface area contributed by atoms with E-state index in [1.165, 1.54) is 0 Å². The first-order chi connectivity index (χ1) is 11.7. The highest BCUT2D eigenvalue weighted by Gasteiger charge is 2.28. The molecule has 0 saturated heterocycles. The molecule has 0 spiro atoms. The lowest BCUT2D eigenvalue weighted by molar-refractivity contribution is 0.252. The second-order valence-corrected chi connectivity index (χ2v) is 5.85. The molecule has 122 valence electrons. The molecule has 3 aromatic heterocycles. The Bertz CT molecular complexity index is 885. The average molecular weight is 322 g/mol. The van der Waals surface area contributed by atoms with Gasteiger partial charge in [-0.05, 0) is 31.9 Å². The van der Waals surface area contributed by atoms with Gasteiger partial charge >= 0.3 is 6.03 Å². The quantitative estimate of drug-likeness (QED) is 0.773. The Morgan fingerprint density at radius 2 is 2.25 bits per heavy atom. The number of nitrogens with zero attached hydrogens (tertiary/aromatic N) is 4. The van der Waals surface area contributed by atoms with Gasteiger partial charge in [-0.25, -0.2) is 14.8 Å². The van der Waals surface area contributed by atoms with E-state index in [1.807, 2.05) is 35.7 Å². The number of hydrogen-bond acceptors (Lipinski definition) is 4. The molecule has 2 amide bonds. The van der Waals surface area contributed by atoms with Gasteiger partial charge in [-0.2, -0.15) is 0 Å². The summed E-state index contributed by atoms with van der Waals surface area (Å²) in [6.07, 6.45) is 7.64. The van der Waals surface area contributed by atoms with Crippen molar-refractivity contribution in [2.45, 2.75) is 25.7 Å².